The molecule has 6 heteroatoms. The molecule has 1 aliphatic heterocycles. The van der Waals surface area contributed by atoms with Gasteiger partial charge in [0.15, 0.2) is 5.78 Å². The van der Waals surface area contributed by atoms with Gasteiger partial charge in [0.05, 0.1) is 18.2 Å². The first kappa shape index (κ1) is 35.0. The van der Waals surface area contributed by atoms with Crippen molar-refractivity contribution in [2.45, 2.75) is 112 Å². The Hall–Kier alpha value is -2.99. The average Bonchev–Trinajstić information content (AvgIpc) is 2.86. The average molecular weight is 554 g/mol. The first-order valence-corrected chi connectivity index (χ1v) is 14.4. The summed E-state index contributed by atoms with van der Waals surface area (Å²) in [6.45, 7) is 17.6. The molecule has 1 N–H and O–H groups in total. The van der Waals surface area contributed by atoms with Crippen molar-refractivity contribution in [3.63, 3.8) is 0 Å². The molecule has 4 atom stereocenters. The number of Topliss-reactive ketones (excluding diaryl/α,β-unsaturated/α-hetero) is 1. The van der Waals surface area contributed by atoms with Crippen LogP contribution in [0.3, 0.4) is 0 Å². The topological polar surface area (TPSA) is 81.7 Å². The van der Waals surface area contributed by atoms with Crippen molar-refractivity contribution in [2.75, 3.05) is 0 Å². The fraction of sp³-hybridized carbons (Fsp3) is 0.559. The second-order valence-corrected chi connectivity index (χ2v) is 11.9. The van der Waals surface area contributed by atoms with Crippen molar-refractivity contribution >= 4 is 17.7 Å². The van der Waals surface area contributed by atoms with Crippen LogP contribution in [-0.4, -0.2) is 42.0 Å². The molecule has 0 saturated heterocycles. The maximum absolute atomic E-state index is 13.0. The summed E-state index contributed by atoms with van der Waals surface area (Å²) in [6, 6.07) is -0.609. The molecule has 0 radical (unpaired) electrons. The molecule has 0 fully saturated rings. The largest absolute Gasteiger partial charge is 0.458 e. The number of rotatable bonds is 15. The fourth-order valence-corrected chi connectivity index (χ4v) is 4.32. The lowest BCUT2D eigenvalue weighted by molar-refractivity contribution is -0.147. The van der Waals surface area contributed by atoms with Crippen molar-refractivity contribution in [1.29, 1.82) is 0 Å². The van der Waals surface area contributed by atoms with Gasteiger partial charge < -0.3 is 14.8 Å². The number of amides is 1. The number of esters is 1. The minimum Gasteiger partial charge on any atom is -0.458 e. The summed E-state index contributed by atoms with van der Waals surface area (Å²) in [7, 11) is 0. The van der Waals surface area contributed by atoms with Crippen LogP contribution in [0.4, 0.5) is 0 Å². The van der Waals surface area contributed by atoms with Gasteiger partial charge in [0, 0.05) is 30.4 Å². The molecule has 6 nitrogen and oxygen atoms in total. The molecule has 1 amide bonds. The van der Waals surface area contributed by atoms with Gasteiger partial charge in [-0.05, 0) is 52.9 Å². The molecule has 0 aromatic carbocycles. The molecule has 0 aliphatic carbocycles. The van der Waals surface area contributed by atoms with Gasteiger partial charge in [-0.1, -0.05) is 88.0 Å². The highest BCUT2D eigenvalue weighted by atomic mass is 16.5. The highest BCUT2D eigenvalue weighted by molar-refractivity contribution is 5.94. The Bertz CT molecular complexity index is 1020. The predicted octanol–water partition coefficient (Wildman–Crippen LogP) is 7.14. The number of ketones is 1. The highest BCUT2D eigenvalue weighted by Crippen LogP contribution is 2.23. The molecule has 40 heavy (non-hydrogen) atoms. The van der Waals surface area contributed by atoms with E-state index in [0.29, 0.717) is 12.0 Å². The van der Waals surface area contributed by atoms with Gasteiger partial charge in [-0.3, -0.25) is 9.59 Å². The molecule has 1 aliphatic rings. The van der Waals surface area contributed by atoms with E-state index in [-0.39, 0.29) is 48.3 Å². The van der Waals surface area contributed by atoms with E-state index in [4.69, 9.17) is 9.47 Å². The molecular formula is C34H51NO5. The summed E-state index contributed by atoms with van der Waals surface area (Å²) in [5, 5.41) is 2.89. The summed E-state index contributed by atoms with van der Waals surface area (Å²) in [6.07, 6.45) is 21.3. The Kier molecular flexibility index (Phi) is 15.5. The summed E-state index contributed by atoms with van der Waals surface area (Å²) in [4.78, 5) is 37.4. The zero-order valence-electron chi connectivity index (χ0n) is 26.0. The van der Waals surface area contributed by atoms with Crippen LogP contribution in [0.15, 0.2) is 71.9 Å². The Labute approximate surface area is 242 Å². The van der Waals surface area contributed by atoms with Gasteiger partial charge in [-0.25, -0.2) is 4.79 Å². The van der Waals surface area contributed by atoms with Crippen LogP contribution < -0.4 is 5.32 Å². The van der Waals surface area contributed by atoms with Crippen molar-refractivity contribution in [2.24, 2.45) is 11.3 Å². The number of ether oxygens (including phenoxy) is 2. The molecule has 1 heterocycles. The van der Waals surface area contributed by atoms with Gasteiger partial charge in [-0.15, -0.1) is 0 Å². The molecule has 0 unspecified atom stereocenters. The van der Waals surface area contributed by atoms with Crippen molar-refractivity contribution in [3.05, 3.63) is 71.9 Å². The third-order valence-electron chi connectivity index (χ3n) is 6.53. The Balaban J connectivity index is 2.68. The first-order chi connectivity index (χ1) is 18.7. The third-order valence-corrected chi connectivity index (χ3v) is 6.53. The zero-order chi connectivity index (χ0) is 30.3. The minimum atomic E-state index is -0.609. The van der Waals surface area contributed by atoms with E-state index >= 15 is 0 Å². The van der Waals surface area contributed by atoms with E-state index in [1.54, 1.807) is 19.1 Å². The lowest BCUT2D eigenvalue weighted by Crippen LogP contribution is -2.48. The van der Waals surface area contributed by atoms with E-state index in [9.17, 15) is 14.4 Å². The van der Waals surface area contributed by atoms with Crippen molar-refractivity contribution in [3.8, 4) is 0 Å². The Morgan fingerprint density at radius 1 is 1.10 bits per heavy atom. The summed E-state index contributed by atoms with van der Waals surface area (Å²) in [5.41, 5.74) is 1.23. The predicted molar refractivity (Wildman–Crippen MR) is 164 cm³/mol. The van der Waals surface area contributed by atoms with Gasteiger partial charge in [0.1, 0.15) is 6.10 Å². The van der Waals surface area contributed by atoms with Gasteiger partial charge in [0.2, 0.25) is 5.91 Å². The fourth-order valence-electron chi connectivity index (χ4n) is 4.32. The second kappa shape index (κ2) is 17.6. The smallest absolute Gasteiger partial charge is 0.333 e. The number of hydrogen-bond donors (Lipinski definition) is 1. The van der Waals surface area contributed by atoms with E-state index in [2.05, 4.69) is 17.5 Å². The standard InChI is InChI=1S/C34H51NO5/c1-10-11-17-28(39-24(2)3)18-13-14-19-29(36)32(34(7,8)9)35-31(37)20-15-12-16-25(4)23-27(6)30-22-21-26(5)33(38)40-30/h10-16,20-21,23-24,27-28,30,32H,17-19,22H2,1-9H3,(H,35,37)/b11-10-,14-13-,16-12-,20-15-,25-23+/t27-,28-,30-,32+/m0/s1. The van der Waals surface area contributed by atoms with Gasteiger partial charge in [-0.2, -0.15) is 0 Å². The van der Waals surface area contributed by atoms with E-state index in [0.717, 1.165) is 18.4 Å². The van der Waals surface area contributed by atoms with Crippen LogP contribution in [0.25, 0.3) is 0 Å². The lowest BCUT2D eigenvalue weighted by atomic mass is 9.83. The van der Waals surface area contributed by atoms with Crippen molar-refractivity contribution < 1.29 is 23.9 Å². The summed E-state index contributed by atoms with van der Waals surface area (Å²) in [5.74, 6) is -0.534. The monoisotopic (exact) mass is 553 g/mol. The van der Waals surface area contributed by atoms with Crippen molar-refractivity contribution in [1.82, 2.24) is 5.32 Å². The maximum atomic E-state index is 13.0. The molecule has 0 aromatic heterocycles. The SMILES string of the molecule is C/C=C\C[C@@H](C/C=C\CC(=O)[C@@H](NC(=O)\C=C/C=C\C(C)=C\[C@H](C)[C@@H]1CC=C(C)C(=O)O1)C(C)(C)C)OC(C)C. The lowest BCUT2D eigenvalue weighted by Gasteiger charge is -2.29. The number of carbonyl (C=O) groups is 3. The number of allylic oxidation sites excluding steroid dienone is 6. The van der Waals surface area contributed by atoms with E-state index in [1.807, 2.05) is 85.8 Å². The van der Waals surface area contributed by atoms with Crippen LogP contribution in [0.1, 0.15) is 88.0 Å². The molecule has 222 valence electrons. The number of nitrogens with one attached hydrogen (secondary N) is 1. The molecule has 0 bridgehead atoms. The second-order valence-electron chi connectivity index (χ2n) is 11.9. The Morgan fingerprint density at radius 3 is 2.35 bits per heavy atom. The number of hydrogen-bond acceptors (Lipinski definition) is 5. The maximum Gasteiger partial charge on any atom is 0.333 e. The zero-order valence-corrected chi connectivity index (χ0v) is 26.0. The molecule has 1 rings (SSSR count). The first-order valence-electron chi connectivity index (χ1n) is 14.4. The molecule has 0 saturated carbocycles. The Morgan fingerprint density at radius 2 is 1.75 bits per heavy atom. The quantitative estimate of drug-likeness (QED) is 0.101. The highest BCUT2D eigenvalue weighted by Gasteiger charge is 2.31. The normalized spacial score (nSPS) is 19.4. The molecule has 0 spiro atoms. The van der Waals surface area contributed by atoms with Crippen LogP contribution in [-0.2, 0) is 23.9 Å². The van der Waals surface area contributed by atoms with E-state index < -0.39 is 11.5 Å². The molecular weight excluding hydrogens is 502 g/mol. The van der Waals surface area contributed by atoms with Gasteiger partial charge >= 0.3 is 5.97 Å². The van der Waals surface area contributed by atoms with Crippen LogP contribution >= 0.6 is 0 Å². The number of cyclic esters (lactones) is 1. The summed E-state index contributed by atoms with van der Waals surface area (Å²) < 4.78 is 11.4. The van der Waals surface area contributed by atoms with Crippen LogP contribution in [0.5, 0.6) is 0 Å². The van der Waals surface area contributed by atoms with Crippen LogP contribution in [0, 0.1) is 11.3 Å². The van der Waals surface area contributed by atoms with E-state index in [1.165, 1.54) is 6.08 Å². The van der Waals surface area contributed by atoms with Gasteiger partial charge in [0.25, 0.3) is 0 Å². The third kappa shape index (κ3) is 13.9. The summed E-state index contributed by atoms with van der Waals surface area (Å²) >= 11 is 0. The molecule has 0 aromatic rings. The number of carbonyl (C=O) groups excluding carboxylic acids is 3. The minimum absolute atomic E-state index is 0.0305. The van der Waals surface area contributed by atoms with Crippen LogP contribution in [0.2, 0.25) is 0 Å².